The van der Waals surface area contributed by atoms with Gasteiger partial charge in [-0.25, -0.2) is 8.78 Å². The molecular weight excluding hydrogens is 252 g/mol. The SMILES string of the molecule is COCCC1(CNCc2cc(F)c(O)c(F)c2)CC1. The second-order valence-corrected chi connectivity index (χ2v) is 5.25. The lowest BCUT2D eigenvalue weighted by Crippen LogP contribution is -2.24. The van der Waals surface area contributed by atoms with Crippen LogP contribution in [0.2, 0.25) is 0 Å². The second kappa shape index (κ2) is 5.84. The monoisotopic (exact) mass is 271 g/mol. The van der Waals surface area contributed by atoms with Gasteiger partial charge < -0.3 is 15.2 Å². The molecule has 2 rings (SSSR count). The van der Waals surface area contributed by atoms with Gasteiger partial charge in [-0.15, -0.1) is 0 Å². The molecule has 0 unspecified atom stereocenters. The molecule has 1 aliphatic carbocycles. The van der Waals surface area contributed by atoms with Crippen molar-refractivity contribution in [1.29, 1.82) is 0 Å². The average Bonchev–Trinajstić information content (AvgIpc) is 3.14. The summed E-state index contributed by atoms with van der Waals surface area (Å²) in [6.07, 6.45) is 3.35. The second-order valence-electron chi connectivity index (χ2n) is 5.25. The largest absolute Gasteiger partial charge is 0.503 e. The molecule has 0 amide bonds. The number of hydrogen-bond acceptors (Lipinski definition) is 3. The quantitative estimate of drug-likeness (QED) is 0.801. The molecule has 0 aliphatic heterocycles. The molecule has 5 heteroatoms. The van der Waals surface area contributed by atoms with Crippen molar-refractivity contribution in [3.05, 3.63) is 29.3 Å². The van der Waals surface area contributed by atoms with Crippen LogP contribution in [0.5, 0.6) is 5.75 Å². The maximum absolute atomic E-state index is 13.1. The van der Waals surface area contributed by atoms with Crippen LogP contribution in [-0.2, 0) is 11.3 Å². The predicted molar refractivity (Wildman–Crippen MR) is 67.9 cm³/mol. The minimum atomic E-state index is -0.919. The Hall–Kier alpha value is -1.20. The van der Waals surface area contributed by atoms with Crippen molar-refractivity contribution in [1.82, 2.24) is 5.32 Å². The van der Waals surface area contributed by atoms with Gasteiger partial charge in [-0.2, -0.15) is 0 Å². The van der Waals surface area contributed by atoms with E-state index < -0.39 is 17.4 Å². The summed E-state index contributed by atoms with van der Waals surface area (Å²) < 4.78 is 31.4. The lowest BCUT2D eigenvalue weighted by Gasteiger charge is -2.15. The van der Waals surface area contributed by atoms with Gasteiger partial charge >= 0.3 is 0 Å². The summed E-state index contributed by atoms with van der Waals surface area (Å²) in [7, 11) is 1.69. The van der Waals surface area contributed by atoms with Crippen LogP contribution in [0.1, 0.15) is 24.8 Å². The summed E-state index contributed by atoms with van der Waals surface area (Å²) in [6.45, 7) is 1.95. The maximum atomic E-state index is 13.1. The minimum Gasteiger partial charge on any atom is -0.503 e. The summed E-state index contributed by atoms with van der Waals surface area (Å²) >= 11 is 0. The smallest absolute Gasteiger partial charge is 0.187 e. The topological polar surface area (TPSA) is 41.5 Å². The Morgan fingerprint density at radius 2 is 1.95 bits per heavy atom. The van der Waals surface area contributed by atoms with Crippen LogP contribution in [0.25, 0.3) is 0 Å². The third-order valence-electron chi connectivity index (χ3n) is 3.70. The average molecular weight is 271 g/mol. The summed E-state index contributed by atoms with van der Waals surface area (Å²) in [5.74, 6) is -2.75. The number of aromatic hydroxyl groups is 1. The molecule has 1 aromatic carbocycles. The van der Waals surface area contributed by atoms with Gasteiger partial charge in [0, 0.05) is 26.8 Å². The van der Waals surface area contributed by atoms with Crippen LogP contribution in [0.4, 0.5) is 8.78 Å². The summed E-state index contributed by atoms with van der Waals surface area (Å²) in [5, 5.41) is 12.2. The summed E-state index contributed by atoms with van der Waals surface area (Å²) in [6, 6.07) is 2.31. The third kappa shape index (κ3) is 3.64. The molecule has 0 saturated heterocycles. The van der Waals surface area contributed by atoms with Gasteiger partial charge in [0.05, 0.1) is 0 Å². The van der Waals surface area contributed by atoms with Crippen molar-refractivity contribution >= 4 is 0 Å². The Balaban J connectivity index is 1.83. The first-order chi connectivity index (χ1) is 9.06. The number of phenolic OH excluding ortho intramolecular Hbond substituents is 1. The number of halogens is 2. The number of phenols is 1. The zero-order valence-electron chi connectivity index (χ0n) is 11.0. The molecule has 1 aliphatic rings. The molecule has 1 aromatic rings. The zero-order valence-corrected chi connectivity index (χ0v) is 11.0. The molecule has 0 aromatic heterocycles. The molecule has 1 fully saturated rings. The van der Waals surface area contributed by atoms with E-state index in [1.165, 1.54) is 12.8 Å². The van der Waals surface area contributed by atoms with Crippen LogP contribution in [0.3, 0.4) is 0 Å². The molecule has 1 saturated carbocycles. The number of hydrogen-bond donors (Lipinski definition) is 2. The molecule has 0 heterocycles. The summed E-state index contributed by atoms with van der Waals surface area (Å²) in [5.41, 5.74) is 0.791. The molecule has 0 radical (unpaired) electrons. The first-order valence-electron chi connectivity index (χ1n) is 6.43. The fraction of sp³-hybridized carbons (Fsp3) is 0.571. The molecule has 2 N–H and O–H groups in total. The number of rotatable bonds is 7. The highest BCUT2D eigenvalue weighted by Crippen LogP contribution is 2.48. The van der Waals surface area contributed by atoms with Crippen molar-refractivity contribution in [2.24, 2.45) is 5.41 Å². The molecule has 3 nitrogen and oxygen atoms in total. The van der Waals surface area contributed by atoms with Crippen LogP contribution < -0.4 is 5.32 Å². The van der Waals surface area contributed by atoms with Gasteiger partial charge in [0.2, 0.25) is 0 Å². The Bertz CT molecular complexity index is 424. The fourth-order valence-corrected chi connectivity index (χ4v) is 2.20. The summed E-state index contributed by atoms with van der Waals surface area (Å²) in [4.78, 5) is 0. The van der Waals surface area contributed by atoms with E-state index in [-0.39, 0.29) is 0 Å². The third-order valence-corrected chi connectivity index (χ3v) is 3.70. The highest BCUT2D eigenvalue weighted by Gasteiger charge is 2.41. The normalized spacial score (nSPS) is 16.6. The minimum absolute atomic E-state index is 0.296. The number of ether oxygens (including phenoxy) is 1. The molecule has 0 bridgehead atoms. The van der Waals surface area contributed by atoms with Crippen LogP contribution in [-0.4, -0.2) is 25.4 Å². The van der Waals surface area contributed by atoms with Crippen LogP contribution in [0, 0.1) is 17.0 Å². The molecule has 19 heavy (non-hydrogen) atoms. The van der Waals surface area contributed by atoms with Crippen molar-refractivity contribution in [2.75, 3.05) is 20.3 Å². The van der Waals surface area contributed by atoms with Crippen molar-refractivity contribution < 1.29 is 18.6 Å². The number of benzene rings is 1. The van der Waals surface area contributed by atoms with E-state index in [2.05, 4.69) is 5.32 Å². The van der Waals surface area contributed by atoms with E-state index in [1.807, 2.05) is 0 Å². The van der Waals surface area contributed by atoms with Gasteiger partial charge in [0.25, 0.3) is 0 Å². The van der Waals surface area contributed by atoms with E-state index >= 15 is 0 Å². The van der Waals surface area contributed by atoms with Crippen molar-refractivity contribution in [3.63, 3.8) is 0 Å². The molecule has 106 valence electrons. The Kier molecular flexibility index (Phi) is 4.37. The van der Waals surface area contributed by atoms with E-state index in [0.29, 0.717) is 17.5 Å². The van der Waals surface area contributed by atoms with E-state index in [9.17, 15) is 8.78 Å². The lowest BCUT2D eigenvalue weighted by molar-refractivity contribution is 0.171. The van der Waals surface area contributed by atoms with E-state index in [0.717, 1.165) is 31.7 Å². The molecule has 0 atom stereocenters. The highest BCUT2D eigenvalue weighted by molar-refractivity contribution is 5.29. The Morgan fingerprint density at radius 1 is 1.32 bits per heavy atom. The lowest BCUT2D eigenvalue weighted by atomic mass is 10.0. The number of methoxy groups -OCH3 is 1. The predicted octanol–water partition coefficient (Wildman–Crippen LogP) is 2.58. The van der Waals surface area contributed by atoms with E-state index in [1.54, 1.807) is 7.11 Å². The molecule has 0 spiro atoms. The first-order valence-corrected chi connectivity index (χ1v) is 6.43. The van der Waals surface area contributed by atoms with Crippen molar-refractivity contribution in [3.8, 4) is 5.75 Å². The van der Waals surface area contributed by atoms with Gasteiger partial charge in [-0.05, 0) is 42.4 Å². The Morgan fingerprint density at radius 3 is 2.47 bits per heavy atom. The zero-order chi connectivity index (χ0) is 13.9. The first kappa shape index (κ1) is 14.2. The standard InChI is InChI=1S/C14H19F2NO2/c1-19-5-4-14(2-3-14)9-17-8-10-6-11(15)13(18)12(16)7-10/h6-7,17-18H,2-5,8-9H2,1H3. The fourth-order valence-electron chi connectivity index (χ4n) is 2.20. The van der Waals surface area contributed by atoms with Gasteiger partial charge in [0.15, 0.2) is 17.4 Å². The maximum Gasteiger partial charge on any atom is 0.187 e. The van der Waals surface area contributed by atoms with Crippen LogP contribution in [0.15, 0.2) is 12.1 Å². The van der Waals surface area contributed by atoms with Gasteiger partial charge in [0.1, 0.15) is 0 Å². The highest BCUT2D eigenvalue weighted by atomic mass is 19.1. The van der Waals surface area contributed by atoms with E-state index in [4.69, 9.17) is 9.84 Å². The Labute approximate surface area is 111 Å². The van der Waals surface area contributed by atoms with Crippen LogP contribution >= 0.6 is 0 Å². The van der Waals surface area contributed by atoms with Gasteiger partial charge in [-0.1, -0.05) is 0 Å². The molecular formula is C14H19F2NO2. The van der Waals surface area contributed by atoms with Crippen molar-refractivity contribution in [2.45, 2.75) is 25.8 Å². The number of nitrogens with one attached hydrogen (secondary N) is 1. The van der Waals surface area contributed by atoms with Gasteiger partial charge in [-0.3, -0.25) is 0 Å².